The third-order valence-electron chi connectivity index (χ3n) is 7.36. The number of hydrogen-bond donors (Lipinski definition) is 2. The number of carbonyl (C=O) groups excluding carboxylic acids is 1. The lowest BCUT2D eigenvalue weighted by Crippen LogP contribution is -2.44. The van der Waals surface area contributed by atoms with Gasteiger partial charge in [0, 0.05) is 30.4 Å². The van der Waals surface area contributed by atoms with Crippen molar-refractivity contribution in [1.82, 2.24) is 20.3 Å². The Bertz CT molecular complexity index is 1490. The minimum atomic E-state index is -3.85. The highest BCUT2D eigenvalue weighted by atomic mass is 32.2. The number of halogens is 1. The number of nitrogens with zero attached hydrogens (tertiary/aromatic N) is 4. The zero-order chi connectivity index (χ0) is 27.2. The molecular weight excluding hydrogens is 523 g/mol. The summed E-state index contributed by atoms with van der Waals surface area (Å²) in [5.74, 6) is 0.829. The van der Waals surface area contributed by atoms with Crippen molar-refractivity contribution in [2.24, 2.45) is 0 Å². The van der Waals surface area contributed by atoms with Crippen LogP contribution in [0.5, 0.6) is 0 Å². The van der Waals surface area contributed by atoms with Gasteiger partial charge in [-0.05, 0) is 69.0 Å². The van der Waals surface area contributed by atoms with Gasteiger partial charge in [-0.3, -0.25) is 5.32 Å². The molecule has 1 atom stereocenters. The lowest BCUT2D eigenvalue weighted by Gasteiger charge is -2.34. The van der Waals surface area contributed by atoms with E-state index >= 15 is 0 Å². The van der Waals surface area contributed by atoms with Gasteiger partial charge >= 0.3 is 6.03 Å². The Hall–Kier alpha value is -3.64. The number of anilines is 2. The quantitative estimate of drug-likeness (QED) is 0.426. The molecule has 2 amide bonds. The van der Waals surface area contributed by atoms with Crippen LogP contribution in [0, 0.1) is 5.82 Å². The minimum Gasteiger partial charge on any atom is -0.377 e. The molecule has 204 valence electrons. The van der Waals surface area contributed by atoms with Crippen molar-refractivity contribution >= 4 is 27.5 Å². The molecule has 1 aromatic carbocycles. The standard InChI is InChI=1S/C27H29FN6O4S/c1-17-16-38-13-12-34(17)24-14-22(27(10-11-27)39(36,37)21-7-3-19(28)4-8-21)31-25(33-24)18-2-9-23(29-15-18)32-26(35)30-20-5-6-20/h2-4,7-9,14-15,17,20H,5-6,10-13,16H2,1H3,(H2,29,30,32,35)/t17-/m0/s1. The molecule has 1 aliphatic heterocycles. The van der Waals surface area contributed by atoms with Crippen LogP contribution >= 0.6 is 0 Å². The van der Waals surface area contributed by atoms with E-state index in [0.29, 0.717) is 61.3 Å². The summed E-state index contributed by atoms with van der Waals surface area (Å²) in [4.78, 5) is 28.1. The highest BCUT2D eigenvalue weighted by Crippen LogP contribution is 2.55. The number of benzene rings is 1. The van der Waals surface area contributed by atoms with Gasteiger partial charge in [-0.15, -0.1) is 0 Å². The summed E-state index contributed by atoms with van der Waals surface area (Å²) in [7, 11) is -3.85. The first-order valence-electron chi connectivity index (χ1n) is 13.0. The number of pyridine rings is 1. The molecule has 1 saturated heterocycles. The predicted molar refractivity (Wildman–Crippen MR) is 143 cm³/mol. The summed E-state index contributed by atoms with van der Waals surface area (Å²) < 4.78 is 45.5. The van der Waals surface area contributed by atoms with E-state index in [0.717, 1.165) is 25.0 Å². The first-order valence-corrected chi connectivity index (χ1v) is 14.5. The maximum atomic E-state index is 13.8. The summed E-state index contributed by atoms with van der Waals surface area (Å²) >= 11 is 0. The highest BCUT2D eigenvalue weighted by Gasteiger charge is 2.58. The first kappa shape index (κ1) is 25.6. The normalized spacial score (nSPS) is 20.4. The maximum Gasteiger partial charge on any atom is 0.320 e. The van der Waals surface area contributed by atoms with Gasteiger partial charge in [0.1, 0.15) is 22.2 Å². The number of aromatic nitrogens is 3. The van der Waals surface area contributed by atoms with E-state index in [2.05, 4.69) is 20.5 Å². The molecule has 0 spiro atoms. The predicted octanol–water partition coefficient (Wildman–Crippen LogP) is 3.65. The Morgan fingerprint density at radius 1 is 1.13 bits per heavy atom. The minimum absolute atomic E-state index is 0.0351. The van der Waals surface area contributed by atoms with Gasteiger partial charge in [-0.25, -0.2) is 32.6 Å². The lowest BCUT2D eigenvalue weighted by atomic mass is 10.2. The van der Waals surface area contributed by atoms with E-state index < -0.39 is 20.4 Å². The van der Waals surface area contributed by atoms with Crippen LogP contribution in [0.2, 0.25) is 0 Å². The van der Waals surface area contributed by atoms with Gasteiger partial charge in [-0.2, -0.15) is 0 Å². The van der Waals surface area contributed by atoms with Crippen molar-refractivity contribution in [2.75, 3.05) is 30.0 Å². The second-order valence-electron chi connectivity index (χ2n) is 10.3. The first-order chi connectivity index (χ1) is 18.7. The molecule has 10 nitrogen and oxygen atoms in total. The van der Waals surface area contributed by atoms with Crippen LogP contribution in [0.4, 0.5) is 20.8 Å². The Morgan fingerprint density at radius 3 is 2.54 bits per heavy atom. The van der Waals surface area contributed by atoms with Gasteiger partial charge in [0.2, 0.25) is 0 Å². The molecule has 3 aliphatic rings. The number of hydrogen-bond acceptors (Lipinski definition) is 8. The molecule has 3 heterocycles. The molecule has 2 saturated carbocycles. The topological polar surface area (TPSA) is 126 Å². The Balaban J connectivity index is 1.37. The smallest absolute Gasteiger partial charge is 0.320 e. The zero-order valence-electron chi connectivity index (χ0n) is 21.4. The van der Waals surface area contributed by atoms with Crippen molar-refractivity contribution in [3.05, 3.63) is 60.2 Å². The number of carbonyl (C=O) groups is 1. The molecule has 0 bridgehead atoms. The summed E-state index contributed by atoms with van der Waals surface area (Å²) in [5, 5.41) is 5.57. The fourth-order valence-corrected chi connectivity index (χ4v) is 6.76. The number of rotatable bonds is 7. The molecule has 12 heteroatoms. The van der Waals surface area contributed by atoms with Gasteiger partial charge in [0.15, 0.2) is 15.7 Å². The van der Waals surface area contributed by atoms with Crippen LogP contribution in [0.1, 0.15) is 38.3 Å². The second-order valence-corrected chi connectivity index (χ2v) is 12.6. The average molecular weight is 553 g/mol. The largest absolute Gasteiger partial charge is 0.377 e. The summed E-state index contributed by atoms with van der Waals surface area (Å²) in [6.45, 7) is 3.69. The molecule has 2 aliphatic carbocycles. The second kappa shape index (κ2) is 9.83. The van der Waals surface area contributed by atoms with E-state index in [4.69, 9.17) is 14.7 Å². The fraction of sp³-hybridized carbons (Fsp3) is 0.407. The number of morpholine rings is 1. The maximum absolute atomic E-state index is 13.8. The molecule has 0 radical (unpaired) electrons. The van der Waals surface area contributed by atoms with E-state index in [-0.39, 0.29) is 23.0 Å². The van der Waals surface area contributed by atoms with Crippen molar-refractivity contribution in [3.8, 4) is 11.4 Å². The van der Waals surface area contributed by atoms with Crippen LogP contribution < -0.4 is 15.5 Å². The van der Waals surface area contributed by atoms with Gasteiger partial charge < -0.3 is 15.0 Å². The van der Waals surface area contributed by atoms with E-state index in [1.807, 2.05) is 6.92 Å². The molecule has 6 rings (SSSR count). The molecule has 0 unspecified atom stereocenters. The van der Waals surface area contributed by atoms with E-state index in [1.54, 1.807) is 24.4 Å². The third-order valence-corrected chi connectivity index (χ3v) is 9.90. The van der Waals surface area contributed by atoms with E-state index in [1.165, 1.54) is 12.1 Å². The van der Waals surface area contributed by atoms with Gasteiger partial charge in [0.05, 0.1) is 29.8 Å². The number of amides is 2. The van der Waals surface area contributed by atoms with Gasteiger partial charge in [-0.1, -0.05) is 0 Å². The van der Waals surface area contributed by atoms with Crippen LogP contribution in [0.3, 0.4) is 0 Å². The molecule has 39 heavy (non-hydrogen) atoms. The molecule has 2 N–H and O–H groups in total. The Morgan fingerprint density at radius 2 is 1.90 bits per heavy atom. The number of urea groups is 1. The van der Waals surface area contributed by atoms with Crippen LogP contribution in [0.15, 0.2) is 53.6 Å². The SMILES string of the molecule is C[C@H]1COCCN1c1cc(C2(S(=O)(=O)c3ccc(F)cc3)CC2)nc(-c2ccc(NC(=O)NC3CC3)nc2)n1. The third kappa shape index (κ3) is 5.06. The van der Waals surface area contributed by atoms with Crippen molar-refractivity contribution in [1.29, 1.82) is 0 Å². The monoisotopic (exact) mass is 552 g/mol. The number of ether oxygens (including phenoxy) is 1. The van der Waals surface area contributed by atoms with Crippen LogP contribution in [-0.2, 0) is 19.3 Å². The number of nitrogens with one attached hydrogen (secondary N) is 2. The Kier molecular flexibility index (Phi) is 6.46. The average Bonchev–Trinajstić information content (AvgIpc) is 3.85. The molecular formula is C27H29FN6O4S. The van der Waals surface area contributed by atoms with E-state index in [9.17, 15) is 17.6 Å². The molecule has 2 aromatic heterocycles. The Labute approximate surface area is 225 Å². The fourth-order valence-electron chi connectivity index (χ4n) is 4.79. The molecule has 3 aromatic rings. The van der Waals surface area contributed by atoms with Gasteiger partial charge in [0.25, 0.3) is 0 Å². The number of sulfone groups is 1. The van der Waals surface area contributed by atoms with Crippen LogP contribution in [0.25, 0.3) is 11.4 Å². The van der Waals surface area contributed by atoms with Crippen molar-refractivity contribution in [2.45, 2.75) is 54.3 Å². The lowest BCUT2D eigenvalue weighted by molar-refractivity contribution is 0.0985. The summed E-state index contributed by atoms with van der Waals surface area (Å²) in [6, 6.07) is 10.0. The summed E-state index contributed by atoms with van der Waals surface area (Å²) in [5.41, 5.74) is 0.985. The van der Waals surface area contributed by atoms with Crippen LogP contribution in [-0.4, -0.2) is 61.2 Å². The van der Waals surface area contributed by atoms with Crippen molar-refractivity contribution < 1.29 is 22.3 Å². The zero-order valence-corrected chi connectivity index (χ0v) is 22.2. The summed E-state index contributed by atoms with van der Waals surface area (Å²) in [6.07, 6.45) is 4.33. The highest BCUT2D eigenvalue weighted by molar-refractivity contribution is 7.92. The van der Waals surface area contributed by atoms with Crippen molar-refractivity contribution in [3.63, 3.8) is 0 Å². The molecule has 3 fully saturated rings.